The van der Waals surface area contributed by atoms with Gasteiger partial charge in [-0.1, -0.05) is 6.07 Å². The molecule has 1 aromatic carbocycles. The SMILES string of the molecule is Cl.Cn1cc(COc2cccc(F)c2C(=N)N)cn1. The highest BCUT2D eigenvalue weighted by molar-refractivity contribution is 5.97. The van der Waals surface area contributed by atoms with Crippen LogP contribution in [0.4, 0.5) is 4.39 Å². The topological polar surface area (TPSA) is 76.9 Å². The molecule has 2 rings (SSSR count). The van der Waals surface area contributed by atoms with Gasteiger partial charge in [0.15, 0.2) is 0 Å². The molecular formula is C12H14ClFN4O. The van der Waals surface area contributed by atoms with Crippen LogP contribution in [0.2, 0.25) is 0 Å². The second-order valence-electron chi connectivity index (χ2n) is 3.84. The fraction of sp³-hybridized carbons (Fsp3) is 0.167. The molecule has 102 valence electrons. The van der Waals surface area contributed by atoms with Crippen LogP contribution in [0.15, 0.2) is 30.6 Å². The van der Waals surface area contributed by atoms with Crippen LogP contribution < -0.4 is 10.5 Å². The molecule has 1 heterocycles. The Morgan fingerprint density at radius 1 is 1.53 bits per heavy atom. The quantitative estimate of drug-likeness (QED) is 0.664. The molecule has 0 saturated heterocycles. The number of nitrogen functional groups attached to an aromatic ring is 1. The van der Waals surface area contributed by atoms with E-state index in [0.29, 0.717) is 0 Å². The second-order valence-corrected chi connectivity index (χ2v) is 3.84. The summed E-state index contributed by atoms with van der Waals surface area (Å²) in [5, 5.41) is 11.3. The number of benzene rings is 1. The Kier molecular flexibility index (Phi) is 4.88. The summed E-state index contributed by atoms with van der Waals surface area (Å²) in [4.78, 5) is 0. The Labute approximate surface area is 116 Å². The highest BCUT2D eigenvalue weighted by Gasteiger charge is 2.12. The number of hydrogen-bond acceptors (Lipinski definition) is 3. The smallest absolute Gasteiger partial charge is 0.137 e. The maximum atomic E-state index is 13.5. The van der Waals surface area contributed by atoms with Gasteiger partial charge in [0.2, 0.25) is 0 Å². The third-order valence-electron chi connectivity index (χ3n) is 2.40. The van der Waals surface area contributed by atoms with Crippen LogP contribution in [0.5, 0.6) is 5.75 Å². The molecule has 0 fully saturated rings. The molecule has 3 N–H and O–H groups in total. The molecule has 0 bridgehead atoms. The number of nitrogens with one attached hydrogen (secondary N) is 1. The molecular weight excluding hydrogens is 271 g/mol. The van der Waals surface area contributed by atoms with Gasteiger partial charge in [0.05, 0.1) is 11.8 Å². The number of hydrogen-bond donors (Lipinski definition) is 2. The van der Waals surface area contributed by atoms with Gasteiger partial charge in [0.25, 0.3) is 0 Å². The summed E-state index contributed by atoms with van der Waals surface area (Å²) in [7, 11) is 1.80. The molecule has 7 heteroatoms. The third kappa shape index (κ3) is 3.45. The van der Waals surface area contributed by atoms with Crippen LogP contribution in [-0.4, -0.2) is 15.6 Å². The van der Waals surface area contributed by atoms with Gasteiger partial charge in [-0.25, -0.2) is 4.39 Å². The molecule has 0 radical (unpaired) electrons. The normalized spacial score (nSPS) is 9.79. The fourth-order valence-electron chi connectivity index (χ4n) is 1.59. The zero-order valence-corrected chi connectivity index (χ0v) is 11.1. The standard InChI is InChI=1S/C12H13FN4O.ClH/c1-17-6-8(5-16-17)7-18-10-4-2-3-9(13)11(10)12(14)15;/h2-6H,7H2,1H3,(H3,14,15);1H. The molecule has 1 aromatic heterocycles. The van der Waals surface area contributed by atoms with Crippen molar-refractivity contribution in [2.75, 3.05) is 0 Å². The van der Waals surface area contributed by atoms with Gasteiger partial charge in [0, 0.05) is 18.8 Å². The zero-order chi connectivity index (χ0) is 13.1. The molecule has 0 saturated carbocycles. The Morgan fingerprint density at radius 3 is 2.84 bits per heavy atom. The highest BCUT2D eigenvalue weighted by Crippen LogP contribution is 2.21. The summed E-state index contributed by atoms with van der Waals surface area (Å²) >= 11 is 0. The van der Waals surface area contributed by atoms with Crippen molar-refractivity contribution in [2.45, 2.75) is 6.61 Å². The first-order valence-electron chi connectivity index (χ1n) is 5.31. The van der Waals surface area contributed by atoms with E-state index in [2.05, 4.69) is 5.10 Å². The Hall–Kier alpha value is -2.08. The van der Waals surface area contributed by atoms with E-state index >= 15 is 0 Å². The molecule has 0 aliphatic heterocycles. The van der Waals surface area contributed by atoms with Crippen molar-refractivity contribution in [1.82, 2.24) is 9.78 Å². The Morgan fingerprint density at radius 2 is 2.26 bits per heavy atom. The van der Waals surface area contributed by atoms with E-state index in [-0.39, 0.29) is 36.2 Å². The molecule has 0 atom stereocenters. The first kappa shape index (κ1) is 15.0. The van der Waals surface area contributed by atoms with E-state index in [1.165, 1.54) is 12.1 Å². The van der Waals surface area contributed by atoms with Gasteiger partial charge in [-0.2, -0.15) is 5.10 Å². The van der Waals surface area contributed by atoms with E-state index < -0.39 is 5.82 Å². The van der Waals surface area contributed by atoms with Gasteiger partial charge in [-0.05, 0) is 12.1 Å². The minimum absolute atomic E-state index is 0. The molecule has 0 spiro atoms. The molecule has 0 amide bonds. The zero-order valence-electron chi connectivity index (χ0n) is 10.3. The van der Waals surface area contributed by atoms with Gasteiger partial charge in [-0.3, -0.25) is 10.1 Å². The number of nitrogens with zero attached hydrogens (tertiary/aromatic N) is 2. The monoisotopic (exact) mass is 284 g/mol. The van der Waals surface area contributed by atoms with Crippen molar-refractivity contribution < 1.29 is 9.13 Å². The predicted molar refractivity (Wildman–Crippen MR) is 72.2 cm³/mol. The summed E-state index contributed by atoms with van der Waals surface area (Å²) in [5.74, 6) is -0.660. The maximum absolute atomic E-state index is 13.5. The van der Waals surface area contributed by atoms with Crippen molar-refractivity contribution in [2.24, 2.45) is 12.8 Å². The van der Waals surface area contributed by atoms with Crippen LogP contribution in [0.1, 0.15) is 11.1 Å². The fourth-order valence-corrected chi connectivity index (χ4v) is 1.59. The summed E-state index contributed by atoms with van der Waals surface area (Å²) in [6.07, 6.45) is 3.46. The van der Waals surface area contributed by atoms with E-state index in [1.54, 1.807) is 30.2 Å². The minimum Gasteiger partial charge on any atom is -0.488 e. The molecule has 2 aromatic rings. The highest BCUT2D eigenvalue weighted by atomic mass is 35.5. The van der Waals surface area contributed by atoms with Crippen LogP contribution in [0.25, 0.3) is 0 Å². The van der Waals surface area contributed by atoms with E-state index in [9.17, 15) is 4.39 Å². The van der Waals surface area contributed by atoms with E-state index in [1.807, 2.05) is 0 Å². The lowest BCUT2D eigenvalue weighted by Crippen LogP contribution is -2.15. The molecule has 5 nitrogen and oxygen atoms in total. The average Bonchev–Trinajstić information content (AvgIpc) is 2.72. The van der Waals surface area contributed by atoms with Crippen LogP contribution in [0, 0.1) is 11.2 Å². The first-order chi connectivity index (χ1) is 8.58. The van der Waals surface area contributed by atoms with E-state index in [0.717, 1.165) is 5.56 Å². The number of aryl methyl sites for hydroxylation is 1. The number of nitrogens with two attached hydrogens (primary N) is 1. The average molecular weight is 285 g/mol. The molecule has 0 aliphatic carbocycles. The Bertz CT molecular complexity index is 585. The first-order valence-corrected chi connectivity index (χ1v) is 5.31. The van der Waals surface area contributed by atoms with Crippen molar-refractivity contribution >= 4 is 18.2 Å². The summed E-state index contributed by atoms with van der Waals surface area (Å²) in [5.41, 5.74) is 6.18. The number of ether oxygens (including phenoxy) is 1. The number of halogens is 2. The lowest BCUT2D eigenvalue weighted by molar-refractivity contribution is 0.303. The van der Waals surface area contributed by atoms with Crippen molar-refractivity contribution in [1.29, 1.82) is 5.41 Å². The van der Waals surface area contributed by atoms with Gasteiger partial charge in [0.1, 0.15) is 24.0 Å². The number of aromatic nitrogens is 2. The lowest BCUT2D eigenvalue weighted by atomic mass is 10.1. The maximum Gasteiger partial charge on any atom is 0.137 e. The molecule has 19 heavy (non-hydrogen) atoms. The minimum atomic E-state index is -0.564. The van der Waals surface area contributed by atoms with Gasteiger partial charge in [-0.15, -0.1) is 12.4 Å². The molecule has 0 aliphatic rings. The number of rotatable bonds is 4. The lowest BCUT2D eigenvalue weighted by Gasteiger charge is -2.10. The number of amidine groups is 1. The van der Waals surface area contributed by atoms with Gasteiger partial charge >= 0.3 is 0 Å². The summed E-state index contributed by atoms with van der Waals surface area (Å²) in [6.45, 7) is 0.248. The molecule has 0 unspecified atom stereocenters. The van der Waals surface area contributed by atoms with Crippen molar-refractivity contribution in [3.8, 4) is 5.75 Å². The summed E-state index contributed by atoms with van der Waals surface area (Å²) in [6, 6.07) is 4.34. The van der Waals surface area contributed by atoms with Crippen LogP contribution in [-0.2, 0) is 13.7 Å². The summed E-state index contributed by atoms with van der Waals surface area (Å²) < 4.78 is 20.6. The third-order valence-corrected chi connectivity index (χ3v) is 2.40. The van der Waals surface area contributed by atoms with Crippen LogP contribution >= 0.6 is 12.4 Å². The largest absolute Gasteiger partial charge is 0.488 e. The van der Waals surface area contributed by atoms with Crippen molar-refractivity contribution in [3.05, 3.63) is 47.5 Å². The predicted octanol–water partition coefficient (Wildman–Crippen LogP) is 1.84. The van der Waals surface area contributed by atoms with Crippen molar-refractivity contribution in [3.63, 3.8) is 0 Å². The van der Waals surface area contributed by atoms with E-state index in [4.69, 9.17) is 15.9 Å². The second kappa shape index (κ2) is 6.19. The van der Waals surface area contributed by atoms with Crippen LogP contribution in [0.3, 0.4) is 0 Å². The van der Waals surface area contributed by atoms with Gasteiger partial charge < -0.3 is 10.5 Å². The Balaban J connectivity index is 0.00000180.